The van der Waals surface area contributed by atoms with Crippen LogP contribution in [0.25, 0.3) is 0 Å². The van der Waals surface area contributed by atoms with Gasteiger partial charge in [-0.1, -0.05) is 6.42 Å². The molecule has 1 saturated carbocycles. The SMILES string of the molecule is CNC1(C#N)CCCC1CCN1CCCC(COC)C1. The number of hydrogen-bond donors (Lipinski definition) is 1. The molecule has 3 unspecified atom stereocenters. The van der Waals surface area contributed by atoms with Gasteiger partial charge in [-0.25, -0.2) is 0 Å². The van der Waals surface area contributed by atoms with E-state index in [1.54, 1.807) is 7.11 Å². The maximum Gasteiger partial charge on any atom is 0.109 e. The van der Waals surface area contributed by atoms with Crippen LogP contribution >= 0.6 is 0 Å². The Morgan fingerprint density at radius 1 is 1.40 bits per heavy atom. The first-order chi connectivity index (χ1) is 9.74. The summed E-state index contributed by atoms with van der Waals surface area (Å²) in [6.07, 6.45) is 7.13. The molecule has 1 heterocycles. The van der Waals surface area contributed by atoms with Crippen molar-refractivity contribution in [2.45, 2.75) is 44.1 Å². The molecular weight excluding hydrogens is 250 g/mol. The highest BCUT2D eigenvalue weighted by Crippen LogP contribution is 2.37. The summed E-state index contributed by atoms with van der Waals surface area (Å²) in [6, 6.07) is 2.54. The average Bonchev–Trinajstić information content (AvgIpc) is 2.89. The van der Waals surface area contributed by atoms with Crippen LogP contribution in [-0.2, 0) is 4.74 Å². The molecule has 0 bridgehead atoms. The van der Waals surface area contributed by atoms with Crippen molar-refractivity contribution in [1.29, 1.82) is 5.26 Å². The van der Waals surface area contributed by atoms with Crippen LogP contribution in [0, 0.1) is 23.2 Å². The molecule has 0 spiro atoms. The zero-order chi connectivity index (χ0) is 14.4. The van der Waals surface area contributed by atoms with Gasteiger partial charge in [0.1, 0.15) is 5.54 Å². The fourth-order valence-corrected chi connectivity index (χ4v) is 4.07. The van der Waals surface area contributed by atoms with Gasteiger partial charge in [0.05, 0.1) is 12.7 Å². The number of hydrogen-bond acceptors (Lipinski definition) is 4. The zero-order valence-electron chi connectivity index (χ0n) is 13.0. The average molecular weight is 279 g/mol. The Bertz CT molecular complexity index is 339. The Labute approximate surface area is 123 Å². The molecule has 0 amide bonds. The summed E-state index contributed by atoms with van der Waals surface area (Å²) < 4.78 is 5.30. The van der Waals surface area contributed by atoms with Crippen LogP contribution < -0.4 is 5.32 Å². The molecule has 114 valence electrons. The Morgan fingerprint density at radius 2 is 2.25 bits per heavy atom. The molecule has 0 radical (unpaired) electrons. The molecule has 3 atom stereocenters. The first-order valence-corrected chi connectivity index (χ1v) is 8.05. The van der Waals surface area contributed by atoms with E-state index in [9.17, 15) is 5.26 Å². The molecule has 2 aliphatic rings. The van der Waals surface area contributed by atoms with E-state index < -0.39 is 0 Å². The topological polar surface area (TPSA) is 48.3 Å². The summed E-state index contributed by atoms with van der Waals surface area (Å²) in [7, 11) is 3.74. The van der Waals surface area contributed by atoms with Gasteiger partial charge in [-0.3, -0.25) is 0 Å². The summed E-state index contributed by atoms with van der Waals surface area (Å²) in [6.45, 7) is 4.40. The summed E-state index contributed by atoms with van der Waals surface area (Å²) in [5.74, 6) is 1.21. The largest absolute Gasteiger partial charge is 0.384 e. The van der Waals surface area contributed by atoms with Crippen molar-refractivity contribution in [3.63, 3.8) is 0 Å². The molecule has 1 saturated heterocycles. The first-order valence-electron chi connectivity index (χ1n) is 8.05. The summed E-state index contributed by atoms with van der Waals surface area (Å²) in [5.41, 5.74) is -0.262. The van der Waals surface area contributed by atoms with Crippen molar-refractivity contribution in [3.8, 4) is 6.07 Å². The number of nitriles is 1. The Hall–Kier alpha value is -0.630. The fraction of sp³-hybridized carbons (Fsp3) is 0.938. The Balaban J connectivity index is 1.81. The molecule has 4 heteroatoms. The van der Waals surface area contributed by atoms with Gasteiger partial charge in [-0.15, -0.1) is 0 Å². The molecule has 4 nitrogen and oxygen atoms in total. The smallest absolute Gasteiger partial charge is 0.109 e. The number of ether oxygens (including phenoxy) is 1. The third-order valence-electron chi connectivity index (χ3n) is 5.27. The van der Waals surface area contributed by atoms with Crippen LogP contribution in [0.2, 0.25) is 0 Å². The van der Waals surface area contributed by atoms with Crippen molar-refractivity contribution in [1.82, 2.24) is 10.2 Å². The van der Waals surface area contributed by atoms with E-state index in [4.69, 9.17) is 4.74 Å². The highest BCUT2D eigenvalue weighted by molar-refractivity contribution is 5.13. The minimum atomic E-state index is -0.262. The van der Waals surface area contributed by atoms with Gasteiger partial charge >= 0.3 is 0 Å². The maximum atomic E-state index is 9.49. The fourth-order valence-electron chi connectivity index (χ4n) is 4.07. The molecule has 2 rings (SSSR count). The van der Waals surface area contributed by atoms with E-state index in [2.05, 4.69) is 16.3 Å². The van der Waals surface area contributed by atoms with Gasteiger partial charge in [0.15, 0.2) is 0 Å². The molecule has 0 aromatic carbocycles. The van der Waals surface area contributed by atoms with Crippen LogP contribution in [0.5, 0.6) is 0 Å². The zero-order valence-corrected chi connectivity index (χ0v) is 13.0. The number of nitrogens with zero attached hydrogens (tertiary/aromatic N) is 2. The first kappa shape index (κ1) is 15.8. The van der Waals surface area contributed by atoms with Gasteiger partial charge < -0.3 is 15.0 Å². The lowest BCUT2D eigenvalue weighted by atomic mass is 9.85. The number of nitrogens with one attached hydrogen (secondary N) is 1. The lowest BCUT2D eigenvalue weighted by molar-refractivity contribution is 0.0862. The molecule has 1 N–H and O–H groups in total. The third kappa shape index (κ3) is 3.52. The van der Waals surface area contributed by atoms with E-state index in [-0.39, 0.29) is 5.54 Å². The molecule has 0 aromatic rings. The number of piperidine rings is 1. The lowest BCUT2D eigenvalue weighted by Gasteiger charge is -2.35. The van der Waals surface area contributed by atoms with Crippen LogP contribution in [0.1, 0.15) is 38.5 Å². The monoisotopic (exact) mass is 279 g/mol. The number of methoxy groups -OCH3 is 1. The van der Waals surface area contributed by atoms with Gasteiger partial charge in [-0.05, 0) is 64.1 Å². The summed E-state index contributed by atoms with van der Waals surface area (Å²) >= 11 is 0. The molecule has 1 aliphatic heterocycles. The van der Waals surface area contributed by atoms with Crippen molar-refractivity contribution in [3.05, 3.63) is 0 Å². The molecular formula is C16H29N3O. The Morgan fingerprint density at radius 3 is 2.95 bits per heavy atom. The number of likely N-dealkylation sites (tertiary alicyclic amines) is 1. The van der Waals surface area contributed by atoms with Crippen molar-refractivity contribution in [2.24, 2.45) is 11.8 Å². The standard InChI is InChI=1S/C16H29N3O/c1-18-16(13-17)8-3-6-15(16)7-10-19-9-4-5-14(11-19)12-20-2/h14-15,18H,3-12H2,1-2H3. The van der Waals surface area contributed by atoms with Gasteiger partial charge in [0.2, 0.25) is 0 Å². The van der Waals surface area contributed by atoms with E-state index in [1.807, 2.05) is 7.05 Å². The molecule has 20 heavy (non-hydrogen) atoms. The quantitative estimate of drug-likeness (QED) is 0.808. The van der Waals surface area contributed by atoms with Crippen LogP contribution in [0.3, 0.4) is 0 Å². The second-order valence-electron chi connectivity index (χ2n) is 6.48. The third-order valence-corrected chi connectivity index (χ3v) is 5.27. The molecule has 1 aliphatic carbocycles. The van der Waals surface area contributed by atoms with Crippen LogP contribution in [0.15, 0.2) is 0 Å². The lowest BCUT2D eigenvalue weighted by Crippen LogP contribution is -2.46. The summed E-state index contributed by atoms with van der Waals surface area (Å²) in [4.78, 5) is 2.57. The van der Waals surface area contributed by atoms with E-state index in [1.165, 1.54) is 38.8 Å². The van der Waals surface area contributed by atoms with Gasteiger partial charge in [0.25, 0.3) is 0 Å². The molecule has 2 fully saturated rings. The Kier molecular flexibility index (Phi) is 5.83. The minimum Gasteiger partial charge on any atom is -0.384 e. The van der Waals surface area contributed by atoms with Crippen molar-refractivity contribution >= 4 is 0 Å². The second kappa shape index (κ2) is 7.40. The van der Waals surface area contributed by atoms with Gasteiger partial charge in [0, 0.05) is 13.7 Å². The highest BCUT2D eigenvalue weighted by Gasteiger charge is 2.41. The van der Waals surface area contributed by atoms with E-state index >= 15 is 0 Å². The predicted molar refractivity (Wildman–Crippen MR) is 80.4 cm³/mol. The second-order valence-corrected chi connectivity index (χ2v) is 6.48. The van der Waals surface area contributed by atoms with Crippen molar-refractivity contribution in [2.75, 3.05) is 40.4 Å². The van der Waals surface area contributed by atoms with Crippen LogP contribution in [-0.4, -0.2) is 50.8 Å². The van der Waals surface area contributed by atoms with E-state index in [0.29, 0.717) is 11.8 Å². The normalized spacial score (nSPS) is 35.0. The van der Waals surface area contributed by atoms with E-state index in [0.717, 1.165) is 26.0 Å². The highest BCUT2D eigenvalue weighted by atomic mass is 16.5. The predicted octanol–water partition coefficient (Wildman–Crippen LogP) is 2.02. The minimum absolute atomic E-state index is 0.262. The molecule has 0 aromatic heterocycles. The summed E-state index contributed by atoms with van der Waals surface area (Å²) in [5, 5.41) is 12.8. The maximum absolute atomic E-state index is 9.49. The van der Waals surface area contributed by atoms with Crippen molar-refractivity contribution < 1.29 is 4.74 Å². The number of rotatable bonds is 6. The van der Waals surface area contributed by atoms with Crippen LogP contribution in [0.4, 0.5) is 0 Å². The van der Waals surface area contributed by atoms with Gasteiger partial charge in [-0.2, -0.15) is 5.26 Å².